The highest BCUT2D eigenvalue weighted by Gasteiger charge is 2.13. The van der Waals surface area contributed by atoms with Crippen LogP contribution in [0.5, 0.6) is 23.0 Å². The van der Waals surface area contributed by atoms with Crippen LogP contribution in [0.1, 0.15) is 23.6 Å². The number of nitrogens with zero attached hydrogens (tertiary/aromatic N) is 1. The molecular weight excluding hydrogens is 456 g/mol. The summed E-state index contributed by atoms with van der Waals surface area (Å²) in [6, 6.07) is 18.4. The zero-order chi connectivity index (χ0) is 23.8. The minimum Gasteiger partial charge on any atom is -0.490 e. The summed E-state index contributed by atoms with van der Waals surface area (Å²) in [5.74, 6) is 2.33. The van der Waals surface area contributed by atoms with Gasteiger partial charge < -0.3 is 18.9 Å². The van der Waals surface area contributed by atoms with Gasteiger partial charge in [0.05, 0.1) is 19.2 Å². The normalized spacial score (nSPS) is 12.4. The first-order valence-electron chi connectivity index (χ1n) is 10.9. The molecule has 1 amide bonds. The lowest BCUT2D eigenvalue weighted by molar-refractivity contribution is -0.120. The molecule has 0 aromatic heterocycles. The van der Waals surface area contributed by atoms with Crippen LogP contribution in [0, 0.1) is 0 Å². The average Bonchev–Trinajstić information content (AvgIpc) is 2.85. The molecule has 0 atom stereocenters. The zero-order valence-corrected chi connectivity index (χ0v) is 19.5. The van der Waals surface area contributed by atoms with Crippen molar-refractivity contribution in [3.05, 3.63) is 82.4 Å². The highest BCUT2D eigenvalue weighted by atomic mass is 35.5. The molecule has 1 N–H and O–H groups in total. The van der Waals surface area contributed by atoms with Crippen molar-refractivity contribution in [2.75, 3.05) is 19.8 Å². The van der Waals surface area contributed by atoms with Crippen LogP contribution in [-0.4, -0.2) is 31.9 Å². The average molecular weight is 481 g/mol. The molecule has 0 saturated carbocycles. The summed E-state index contributed by atoms with van der Waals surface area (Å²) in [4.78, 5) is 12.3. The maximum atomic E-state index is 12.3. The van der Waals surface area contributed by atoms with Gasteiger partial charge in [0.1, 0.15) is 19.8 Å². The molecule has 7 nitrogen and oxygen atoms in total. The van der Waals surface area contributed by atoms with E-state index in [0.29, 0.717) is 54.4 Å². The largest absolute Gasteiger partial charge is 0.490 e. The van der Waals surface area contributed by atoms with E-state index in [2.05, 4.69) is 10.5 Å². The quantitative estimate of drug-likeness (QED) is 0.352. The Hall–Kier alpha value is -3.71. The Kier molecular flexibility index (Phi) is 7.88. The van der Waals surface area contributed by atoms with Gasteiger partial charge in [-0.15, -0.1) is 0 Å². The fraction of sp³-hybridized carbons (Fsp3) is 0.231. The molecule has 1 aliphatic rings. The van der Waals surface area contributed by atoms with Crippen LogP contribution < -0.4 is 24.4 Å². The summed E-state index contributed by atoms with van der Waals surface area (Å²) >= 11 is 5.93. The molecule has 3 aromatic carbocycles. The van der Waals surface area contributed by atoms with E-state index in [0.717, 1.165) is 16.7 Å². The number of amides is 1. The van der Waals surface area contributed by atoms with Crippen LogP contribution in [0.15, 0.2) is 65.8 Å². The van der Waals surface area contributed by atoms with Crippen molar-refractivity contribution >= 4 is 23.7 Å². The lowest BCUT2D eigenvalue weighted by Gasteiger charge is -2.18. The molecule has 0 bridgehead atoms. The standard InChI is InChI=1S/C26H25ClN2O5/c1-2-31-24-14-20(6-10-23(24)34-17-18-3-7-21(27)8-4-18)16-28-29-26(30)15-19-5-9-22-25(13-19)33-12-11-32-22/h3-10,13-14,16H,2,11-12,15,17H2,1H3,(H,29,30)/b28-16+. The third-order valence-corrected chi connectivity index (χ3v) is 5.20. The highest BCUT2D eigenvalue weighted by molar-refractivity contribution is 6.30. The Morgan fingerprint density at radius 2 is 1.74 bits per heavy atom. The van der Waals surface area contributed by atoms with E-state index in [4.69, 9.17) is 30.5 Å². The number of hydrogen-bond donors (Lipinski definition) is 1. The van der Waals surface area contributed by atoms with Crippen LogP contribution in [0.25, 0.3) is 0 Å². The van der Waals surface area contributed by atoms with Crippen LogP contribution in [0.4, 0.5) is 0 Å². The van der Waals surface area contributed by atoms with E-state index in [1.165, 1.54) is 0 Å². The molecule has 176 valence electrons. The predicted octanol–water partition coefficient (Wildman–Crippen LogP) is 4.78. The summed E-state index contributed by atoms with van der Waals surface area (Å²) in [7, 11) is 0. The molecule has 34 heavy (non-hydrogen) atoms. The first kappa shape index (κ1) is 23.4. The number of carbonyl (C=O) groups excluding carboxylic acids is 1. The number of nitrogens with one attached hydrogen (secondary N) is 1. The van der Waals surface area contributed by atoms with Crippen molar-refractivity contribution in [1.29, 1.82) is 0 Å². The Balaban J connectivity index is 1.34. The lowest BCUT2D eigenvalue weighted by atomic mass is 10.1. The Morgan fingerprint density at radius 3 is 2.53 bits per heavy atom. The predicted molar refractivity (Wildman–Crippen MR) is 130 cm³/mol. The molecule has 1 aliphatic heterocycles. The molecule has 0 radical (unpaired) electrons. The van der Waals surface area contributed by atoms with Gasteiger partial charge >= 0.3 is 0 Å². The van der Waals surface area contributed by atoms with E-state index in [-0.39, 0.29) is 12.3 Å². The number of rotatable bonds is 9. The Morgan fingerprint density at radius 1 is 0.971 bits per heavy atom. The molecule has 0 aliphatic carbocycles. The SMILES string of the molecule is CCOc1cc(/C=N/NC(=O)Cc2ccc3c(c2)OCCO3)ccc1OCc1ccc(Cl)cc1. The number of benzene rings is 3. The van der Waals surface area contributed by atoms with Gasteiger partial charge in [-0.3, -0.25) is 4.79 Å². The van der Waals surface area contributed by atoms with Crippen molar-refractivity contribution in [2.45, 2.75) is 20.0 Å². The Labute approximate surface area is 203 Å². The van der Waals surface area contributed by atoms with Crippen LogP contribution in [-0.2, 0) is 17.8 Å². The van der Waals surface area contributed by atoms with E-state index in [1.54, 1.807) is 6.21 Å². The summed E-state index contributed by atoms with van der Waals surface area (Å²) in [5.41, 5.74) is 5.13. The van der Waals surface area contributed by atoms with Crippen molar-refractivity contribution in [1.82, 2.24) is 5.43 Å². The van der Waals surface area contributed by atoms with Gasteiger partial charge in [0.25, 0.3) is 0 Å². The third-order valence-electron chi connectivity index (χ3n) is 4.95. The molecule has 1 heterocycles. The van der Waals surface area contributed by atoms with Crippen molar-refractivity contribution in [2.24, 2.45) is 5.10 Å². The second kappa shape index (κ2) is 11.4. The number of halogens is 1. The second-order valence-electron chi connectivity index (χ2n) is 7.50. The van der Waals surface area contributed by atoms with Gasteiger partial charge in [0.2, 0.25) is 5.91 Å². The summed E-state index contributed by atoms with van der Waals surface area (Å²) in [6.07, 6.45) is 1.74. The monoisotopic (exact) mass is 480 g/mol. The zero-order valence-electron chi connectivity index (χ0n) is 18.8. The molecule has 0 saturated heterocycles. The number of fused-ring (bicyclic) bond motifs is 1. The first-order chi connectivity index (χ1) is 16.6. The van der Waals surface area contributed by atoms with Gasteiger partial charge in [-0.25, -0.2) is 5.43 Å². The summed E-state index contributed by atoms with van der Waals surface area (Å²) in [6.45, 7) is 3.82. The van der Waals surface area contributed by atoms with Crippen molar-refractivity contribution in [3.8, 4) is 23.0 Å². The molecule has 4 rings (SSSR count). The van der Waals surface area contributed by atoms with Crippen LogP contribution in [0.2, 0.25) is 5.02 Å². The van der Waals surface area contributed by atoms with Gasteiger partial charge in [0.15, 0.2) is 23.0 Å². The Bertz CT molecular complexity index is 1160. The van der Waals surface area contributed by atoms with Gasteiger partial charge in [-0.2, -0.15) is 5.10 Å². The van der Waals surface area contributed by atoms with Crippen LogP contribution in [0.3, 0.4) is 0 Å². The van der Waals surface area contributed by atoms with Crippen molar-refractivity contribution in [3.63, 3.8) is 0 Å². The van der Waals surface area contributed by atoms with E-state index < -0.39 is 0 Å². The van der Waals surface area contributed by atoms with Gasteiger partial charge in [0, 0.05) is 5.02 Å². The number of hydrazone groups is 1. The third kappa shape index (κ3) is 6.42. The number of ether oxygens (including phenoxy) is 4. The van der Waals surface area contributed by atoms with Crippen LogP contribution >= 0.6 is 11.6 Å². The minimum atomic E-state index is -0.235. The molecule has 8 heteroatoms. The maximum Gasteiger partial charge on any atom is 0.244 e. The topological polar surface area (TPSA) is 78.4 Å². The fourth-order valence-electron chi connectivity index (χ4n) is 3.34. The summed E-state index contributed by atoms with van der Waals surface area (Å²) in [5, 5.41) is 4.75. The highest BCUT2D eigenvalue weighted by Crippen LogP contribution is 2.31. The molecule has 0 unspecified atom stereocenters. The first-order valence-corrected chi connectivity index (χ1v) is 11.3. The smallest absolute Gasteiger partial charge is 0.244 e. The molecular formula is C26H25ClN2O5. The van der Waals surface area contributed by atoms with E-state index >= 15 is 0 Å². The molecule has 3 aromatic rings. The van der Waals surface area contributed by atoms with E-state index in [1.807, 2.05) is 67.6 Å². The lowest BCUT2D eigenvalue weighted by Crippen LogP contribution is -2.20. The van der Waals surface area contributed by atoms with Crippen molar-refractivity contribution < 1.29 is 23.7 Å². The van der Waals surface area contributed by atoms with E-state index in [9.17, 15) is 4.79 Å². The summed E-state index contributed by atoms with van der Waals surface area (Å²) < 4.78 is 22.7. The number of hydrogen-bond acceptors (Lipinski definition) is 6. The molecule has 0 spiro atoms. The minimum absolute atomic E-state index is 0.176. The molecule has 0 fully saturated rings. The fourth-order valence-corrected chi connectivity index (χ4v) is 3.46. The van der Waals surface area contributed by atoms with Gasteiger partial charge in [-0.05, 0) is 66.1 Å². The van der Waals surface area contributed by atoms with Gasteiger partial charge in [-0.1, -0.05) is 29.8 Å². The second-order valence-corrected chi connectivity index (χ2v) is 7.94. The number of carbonyl (C=O) groups is 1. The maximum absolute atomic E-state index is 12.3.